The smallest absolute Gasteiger partial charge is 0.0641 e. The van der Waals surface area contributed by atoms with Gasteiger partial charge < -0.3 is 10.1 Å². The second kappa shape index (κ2) is 5.85. The molecule has 1 aliphatic heterocycles. The average molecular weight is 247 g/mol. The molecule has 1 aromatic rings. The fourth-order valence-corrected chi connectivity index (χ4v) is 2.56. The Labute approximate surface area is 111 Å². The van der Waals surface area contributed by atoms with Crippen molar-refractivity contribution in [2.75, 3.05) is 6.61 Å². The van der Waals surface area contributed by atoms with Crippen LogP contribution in [0.4, 0.5) is 0 Å². The third kappa shape index (κ3) is 3.82. The number of rotatable bonds is 4. The van der Waals surface area contributed by atoms with E-state index < -0.39 is 0 Å². The van der Waals surface area contributed by atoms with Crippen LogP contribution in [0.1, 0.15) is 44.7 Å². The van der Waals surface area contributed by atoms with E-state index in [2.05, 4.69) is 50.4 Å². The first-order chi connectivity index (χ1) is 8.59. The molecule has 2 heteroatoms. The van der Waals surface area contributed by atoms with Crippen molar-refractivity contribution < 1.29 is 4.74 Å². The standard InChI is InChI=1S/C16H25NO/c1-4-13-5-7-14(8-6-13)12-17-15-9-10-18-16(2,3)11-15/h5-8,15,17H,4,9-12H2,1-3H3. The molecule has 1 aliphatic rings. The van der Waals surface area contributed by atoms with Gasteiger partial charge >= 0.3 is 0 Å². The quantitative estimate of drug-likeness (QED) is 0.881. The van der Waals surface area contributed by atoms with Crippen LogP contribution in [-0.4, -0.2) is 18.2 Å². The van der Waals surface area contributed by atoms with Gasteiger partial charge in [-0.15, -0.1) is 0 Å². The fraction of sp³-hybridized carbons (Fsp3) is 0.625. The summed E-state index contributed by atoms with van der Waals surface area (Å²) in [5.74, 6) is 0. The summed E-state index contributed by atoms with van der Waals surface area (Å²) in [4.78, 5) is 0. The van der Waals surface area contributed by atoms with Gasteiger partial charge in [0.2, 0.25) is 0 Å². The van der Waals surface area contributed by atoms with E-state index in [0.717, 1.165) is 32.4 Å². The van der Waals surface area contributed by atoms with E-state index in [1.165, 1.54) is 11.1 Å². The van der Waals surface area contributed by atoms with Gasteiger partial charge in [0, 0.05) is 19.2 Å². The second-order valence-corrected chi connectivity index (χ2v) is 5.85. The predicted molar refractivity (Wildman–Crippen MR) is 75.7 cm³/mol. The van der Waals surface area contributed by atoms with Crippen LogP contribution >= 0.6 is 0 Å². The first-order valence-electron chi connectivity index (χ1n) is 7.04. The van der Waals surface area contributed by atoms with Crippen LogP contribution in [0.2, 0.25) is 0 Å². The molecule has 0 aliphatic carbocycles. The third-order valence-electron chi connectivity index (χ3n) is 3.72. The Morgan fingerprint density at radius 1 is 1.22 bits per heavy atom. The Hall–Kier alpha value is -0.860. The molecular weight excluding hydrogens is 222 g/mol. The van der Waals surface area contributed by atoms with E-state index in [0.29, 0.717) is 6.04 Å². The van der Waals surface area contributed by atoms with Gasteiger partial charge in [-0.25, -0.2) is 0 Å². The topological polar surface area (TPSA) is 21.3 Å². The molecule has 0 bridgehead atoms. The number of benzene rings is 1. The molecule has 100 valence electrons. The lowest BCUT2D eigenvalue weighted by Crippen LogP contribution is -2.43. The normalized spacial score (nSPS) is 22.9. The summed E-state index contributed by atoms with van der Waals surface area (Å²) in [5.41, 5.74) is 2.81. The molecule has 18 heavy (non-hydrogen) atoms. The van der Waals surface area contributed by atoms with E-state index in [-0.39, 0.29) is 5.60 Å². The second-order valence-electron chi connectivity index (χ2n) is 5.85. The number of hydrogen-bond donors (Lipinski definition) is 1. The third-order valence-corrected chi connectivity index (χ3v) is 3.72. The molecule has 1 heterocycles. The van der Waals surface area contributed by atoms with Gasteiger partial charge in [0.05, 0.1) is 5.60 Å². The van der Waals surface area contributed by atoms with Gasteiger partial charge in [-0.2, -0.15) is 0 Å². The molecule has 1 fully saturated rings. The van der Waals surface area contributed by atoms with Crippen LogP contribution in [0.15, 0.2) is 24.3 Å². The van der Waals surface area contributed by atoms with E-state index in [9.17, 15) is 0 Å². The lowest BCUT2D eigenvalue weighted by molar-refractivity contribution is -0.0630. The minimum Gasteiger partial charge on any atom is -0.375 e. The van der Waals surface area contributed by atoms with E-state index in [4.69, 9.17) is 4.74 Å². The summed E-state index contributed by atoms with van der Waals surface area (Å²) in [7, 11) is 0. The van der Waals surface area contributed by atoms with Crippen molar-refractivity contribution in [3.63, 3.8) is 0 Å². The van der Waals surface area contributed by atoms with Crippen molar-refractivity contribution >= 4 is 0 Å². The minimum absolute atomic E-state index is 0.0297. The number of hydrogen-bond acceptors (Lipinski definition) is 2. The fourth-order valence-electron chi connectivity index (χ4n) is 2.56. The molecule has 0 spiro atoms. The Kier molecular flexibility index (Phi) is 4.41. The zero-order valence-corrected chi connectivity index (χ0v) is 11.8. The first kappa shape index (κ1) is 13.6. The first-order valence-corrected chi connectivity index (χ1v) is 7.04. The molecule has 2 rings (SSSR count). The summed E-state index contributed by atoms with van der Waals surface area (Å²) in [6.07, 6.45) is 3.33. The highest BCUT2D eigenvalue weighted by Gasteiger charge is 2.28. The summed E-state index contributed by atoms with van der Waals surface area (Å²) in [6, 6.07) is 9.50. The summed E-state index contributed by atoms with van der Waals surface area (Å²) >= 11 is 0. The summed E-state index contributed by atoms with van der Waals surface area (Å²) in [6.45, 7) is 8.38. The van der Waals surface area contributed by atoms with Crippen LogP contribution in [-0.2, 0) is 17.7 Å². The molecule has 1 atom stereocenters. The van der Waals surface area contributed by atoms with Crippen LogP contribution < -0.4 is 5.32 Å². The highest BCUT2D eigenvalue weighted by molar-refractivity contribution is 5.22. The van der Waals surface area contributed by atoms with Gasteiger partial charge in [-0.3, -0.25) is 0 Å². The van der Waals surface area contributed by atoms with Crippen molar-refractivity contribution in [2.24, 2.45) is 0 Å². The molecule has 1 N–H and O–H groups in total. The highest BCUT2D eigenvalue weighted by atomic mass is 16.5. The number of nitrogens with one attached hydrogen (secondary N) is 1. The maximum absolute atomic E-state index is 5.74. The van der Waals surface area contributed by atoms with Gasteiger partial charge in [0.15, 0.2) is 0 Å². The van der Waals surface area contributed by atoms with Crippen LogP contribution in [0.25, 0.3) is 0 Å². The average Bonchev–Trinajstić information content (AvgIpc) is 2.36. The predicted octanol–water partition coefficient (Wildman–Crippen LogP) is 3.30. The highest BCUT2D eigenvalue weighted by Crippen LogP contribution is 2.24. The summed E-state index contributed by atoms with van der Waals surface area (Å²) < 4.78 is 5.74. The molecular formula is C16H25NO. The number of ether oxygens (including phenoxy) is 1. The van der Waals surface area contributed by atoms with Gasteiger partial charge in [-0.05, 0) is 44.2 Å². The lowest BCUT2D eigenvalue weighted by atomic mass is 9.94. The molecule has 0 saturated carbocycles. The Balaban J connectivity index is 1.83. The monoisotopic (exact) mass is 247 g/mol. The molecule has 2 nitrogen and oxygen atoms in total. The Morgan fingerprint density at radius 3 is 2.50 bits per heavy atom. The maximum Gasteiger partial charge on any atom is 0.0641 e. The lowest BCUT2D eigenvalue weighted by Gasteiger charge is -2.36. The molecule has 1 aromatic carbocycles. The van der Waals surface area contributed by atoms with Crippen molar-refractivity contribution in [3.05, 3.63) is 35.4 Å². The molecule has 0 aromatic heterocycles. The molecule has 1 saturated heterocycles. The van der Waals surface area contributed by atoms with Crippen molar-refractivity contribution in [2.45, 2.75) is 58.2 Å². The Morgan fingerprint density at radius 2 is 1.89 bits per heavy atom. The zero-order chi connectivity index (χ0) is 13.0. The van der Waals surface area contributed by atoms with E-state index in [1.807, 2.05) is 0 Å². The largest absolute Gasteiger partial charge is 0.375 e. The van der Waals surface area contributed by atoms with Crippen molar-refractivity contribution in [1.82, 2.24) is 5.32 Å². The van der Waals surface area contributed by atoms with Crippen LogP contribution in [0, 0.1) is 0 Å². The number of aryl methyl sites for hydroxylation is 1. The zero-order valence-electron chi connectivity index (χ0n) is 11.8. The van der Waals surface area contributed by atoms with Gasteiger partial charge in [0.25, 0.3) is 0 Å². The Bertz CT molecular complexity index is 369. The van der Waals surface area contributed by atoms with Gasteiger partial charge in [0.1, 0.15) is 0 Å². The van der Waals surface area contributed by atoms with Crippen molar-refractivity contribution in [3.8, 4) is 0 Å². The molecule has 0 radical (unpaired) electrons. The molecule has 1 unspecified atom stereocenters. The van der Waals surface area contributed by atoms with E-state index in [1.54, 1.807) is 0 Å². The molecule has 0 amide bonds. The van der Waals surface area contributed by atoms with Crippen molar-refractivity contribution in [1.29, 1.82) is 0 Å². The van der Waals surface area contributed by atoms with Crippen LogP contribution in [0.5, 0.6) is 0 Å². The van der Waals surface area contributed by atoms with E-state index >= 15 is 0 Å². The SMILES string of the molecule is CCc1ccc(CNC2CCOC(C)(C)C2)cc1. The minimum atomic E-state index is 0.0297. The van der Waals surface area contributed by atoms with Gasteiger partial charge in [-0.1, -0.05) is 31.2 Å². The summed E-state index contributed by atoms with van der Waals surface area (Å²) in [5, 5.41) is 3.65. The maximum atomic E-state index is 5.74. The van der Waals surface area contributed by atoms with Crippen LogP contribution in [0.3, 0.4) is 0 Å².